The highest BCUT2D eigenvalue weighted by molar-refractivity contribution is 5.54. The largest absolute Gasteiger partial charge is 0.507 e. The molecule has 1 aliphatic heterocycles. The molecule has 1 aromatic rings. The zero-order chi connectivity index (χ0) is 17.3. The highest BCUT2D eigenvalue weighted by Crippen LogP contribution is 2.53. The first-order valence-corrected chi connectivity index (χ1v) is 9.31. The number of allylic oxidation sites excluding steroid dienone is 1. The number of hydrogen-bond acceptors (Lipinski definition) is 3. The second-order valence-electron chi connectivity index (χ2n) is 7.84. The Hall–Kier alpha value is -1.48. The third-order valence-electron chi connectivity index (χ3n) is 5.68. The molecule has 3 heteroatoms. The Bertz CT molecular complexity index is 630. The number of fused-ring (bicyclic) bond motifs is 3. The van der Waals surface area contributed by atoms with Gasteiger partial charge in [0.05, 0.1) is 6.61 Å². The fraction of sp³-hybridized carbons (Fsp3) is 0.619. The minimum Gasteiger partial charge on any atom is -0.507 e. The summed E-state index contributed by atoms with van der Waals surface area (Å²) in [6.07, 6.45) is 8.57. The minimum atomic E-state index is -0.260. The van der Waals surface area contributed by atoms with Crippen LogP contribution < -0.4 is 4.74 Å². The van der Waals surface area contributed by atoms with Gasteiger partial charge in [0.1, 0.15) is 17.1 Å². The number of benzene rings is 1. The summed E-state index contributed by atoms with van der Waals surface area (Å²) >= 11 is 0. The molecule has 0 fully saturated rings. The van der Waals surface area contributed by atoms with Gasteiger partial charge in [0.25, 0.3) is 0 Å². The zero-order valence-electron chi connectivity index (χ0n) is 15.1. The van der Waals surface area contributed by atoms with Crippen LogP contribution >= 0.6 is 0 Å². The molecule has 0 radical (unpaired) electrons. The fourth-order valence-electron chi connectivity index (χ4n) is 4.34. The molecule has 2 atom stereocenters. The smallest absolute Gasteiger partial charge is 0.127 e. The van der Waals surface area contributed by atoms with Crippen molar-refractivity contribution in [1.29, 1.82) is 0 Å². The number of hydrogen-bond donors (Lipinski definition) is 2. The average Bonchev–Trinajstić information content (AvgIpc) is 2.53. The maximum atomic E-state index is 10.7. The van der Waals surface area contributed by atoms with Crippen LogP contribution in [0.25, 0.3) is 0 Å². The normalized spacial score (nSPS) is 24.6. The van der Waals surface area contributed by atoms with Crippen LogP contribution in [-0.4, -0.2) is 22.4 Å². The summed E-state index contributed by atoms with van der Waals surface area (Å²) in [6, 6.07) is 4.03. The topological polar surface area (TPSA) is 49.7 Å². The molecule has 1 heterocycles. The molecule has 0 unspecified atom stereocenters. The number of unbranched alkanes of at least 4 members (excludes halogenated alkanes) is 2. The van der Waals surface area contributed by atoms with Crippen molar-refractivity contribution in [1.82, 2.24) is 0 Å². The molecular formula is C21H30O3. The van der Waals surface area contributed by atoms with E-state index in [1.807, 2.05) is 6.07 Å². The van der Waals surface area contributed by atoms with Gasteiger partial charge in [0.2, 0.25) is 0 Å². The second-order valence-corrected chi connectivity index (χ2v) is 7.84. The lowest BCUT2D eigenvalue weighted by Crippen LogP contribution is -2.45. The van der Waals surface area contributed by atoms with E-state index in [0.717, 1.165) is 48.1 Å². The van der Waals surface area contributed by atoms with Crippen LogP contribution in [0.2, 0.25) is 0 Å². The van der Waals surface area contributed by atoms with E-state index in [2.05, 4.69) is 32.9 Å². The monoisotopic (exact) mass is 330 g/mol. The van der Waals surface area contributed by atoms with Gasteiger partial charge in [-0.25, -0.2) is 0 Å². The van der Waals surface area contributed by atoms with Crippen molar-refractivity contribution in [2.75, 3.05) is 6.61 Å². The Morgan fingerprint density at radius 1 is 1.25 bits per heavy atom. The predicted octanol–water partition coefficient (Wildman–Crippen LogP) is 4.71. The van der Waals surface area contributed by atoms with Gasteiger partial charge in [-0.1, -0.05) is 25.8 Å². The van der Waals surface area contributed by atoms with E-state index >= 15 is 0 Å². The van der Waals surface area contributed by atoms with Crippen molar-refractivity contribution in [3.05, 3.63) is 34.9 Å². The second kappa shape index (κ2) is 6.79. The average molecular weight is 330 g/mol. The quantitative estimate of drug-likeness (QED) is 0.607. The Morgan fingerprint density at radius 2 is 2.04 bits per heavy atom. The summed E-state index contributed by atoms with van der Waals surface area (Å²) in [5, 5.41) is 20.2. The van der Waals surface area contributed by atoms with Crippen LogP contribution in [0.1, 0.15) is 69.9 Å². The molecule has 0 spiro atoms. The Balaban J connectivity index is 1.99. The molecule has 0 saturated carbocycles. The van der Waals surface area contributed by atoms with Crippen molar-refractivity contribution in [2.24, 2.45) is 5.92 Å². The molecule has 3 nitrogen and oxygen atoms in total. The Morgan fingerprint density at radius 3 is 2.75 bits per heavy atom. The summed E-state index contributed by atoms with van der Waals surface area (Å²) in [5.74, 6) is 1.63. The van der Waals surface area contributed by atoms with Gasteiger partial charge in [-0.15, -0.1) is 0 Å². The number of aliphatic hydroxyl groups is 1. The SMILES string of the molecule is CCCCCc1cc(O)c2c(c1)OC(C)(C)[C@H]1CCC(CO)=C[C@@H]21. The number of ether oxygens (including phenoxy) is 1. The lowest BCUT2D eigenvalue weighted by Gasteiger charge is -2.46. The van der Waals surface area contributed by atoms with Gasteiger partial charge in [0.15, 0.2) is 0 Å². The van der Waals surface area contributed by atoms with Gasteiger partial charge in [-0.2, -0.15) is 0 Å². The molecule has 1 aromatic carbocycles. The van der Waals surface area contributed by atoms with Gasteiger partial charge in [-0.05, 0) is 62.8 Å². The van der Waals surface area contributed by atoms with E-state index in [1.54, 1.807) is 0 Å². The summed E-state index contributed by atoms with van der Waals surface area (Å²) in [4.78, 5) is 0. The van der Waals surface area contributed by atoms with Gasteiger partial charge in [0, 0.05) is 17.4 Å². The zero-order valence-corrected chi connectivity index (χ0v) is 15.1. The summed E-state index contributed by atoms with van der Waals surface area (Å²) in [7, 11) is 0. The number of rotatable bonds is 5. The van der Waals surface area contributed by atoms with Gasteiger partial charge in [-0.3, -0.25) is 0 Å². The highest BCUT2D eigenvalue weighted by atomic mass is 16.5. The van der Waals surface area contributed by atoms with Crippen LogP contribution in [0.4, 0.5) is 0 Å². The molecule has 2 N–H and O–H groups in total. The molecule has 0 bridgehead atoms. The van der Waals surface area contributed by atoms with Crippen LogP contribution in [0.5, 0.6) is 11.5 Å². The van der Waals surface area contributed by atoms with Crippen molar-refractivity contribution >= 4 is 0 Å². The predicted molar refractivity (Wildman–Crippen MR) is 96.7 cm³/mol. The van der Waals surface area contributed by atoms with E-state index in [-0.39, 0.29) is 18.1 Å². The van der Waals surface area contributed by atoms with Crippen LogP contribution in [0.3, 0.4) is 0 Å². The standard InChI is InChI=1S/C21H30O3/c1-4-5-6-7-14-11-18(23)20-16-10-15(13-22)8-9-17(16)21(2,3)24-19(20)12-14/h10-12,16-17,22-23H,4-9,13H2,1-3H3/t16-,17+/m1/s1. The Kier molecular flexibility index (Phi) is 4.91. The van der Waals surface area contributed by atoms with Crippen molar-refractivity contribution in [3.63, 3.8) is 0 Å². The van der Waals surface area contributed by atoms with E-state index in [9.17, 15) is 10.2 Å². The molecule has 1 aliphatic carbocycles. The lowest BCUT2D eigenvalue weighted by molar-refractivity contribution is 0.0100. The first-order chi connectivity index (χ1) is 11.5. The summed E-state index contributed by atoms with van der Waals surface area (Å²) < 4.78 is 6.33. The first-order valence-electron chi connectivity index (χ1n) is 9.31. The maximum Gasteiger partial charge on any atom is 0.127 e. The molecule has 0 saturated heterocycles. The Labute approximate surface area is 145 Å². The third kappa shape index (κ3) is 3.19. The number of phenolic OH excluding ortho intramolecular Hbond substituents is 1. The van der Waals surface area contributed by atoms with Crippen LogP contribution in [-0.2, 0) is 6.42 Å². The number of aryl methyl sites for hydroxylation is 1. The first kappa shape index (κ1) is 17.3. The van der Waals surface area contributed by atoms with Crippen LogP contribution in [0, 0.1) is 5.92 Å². The molecule has 2 aliphatic rings. The van der Waals surface area contributed by atoms with Gasteiger partial charge >= 0.3 is 0 Å². The molecular weight excluding hydrogens is 300 g/mol. The minimum absolute atomic E-state index is 0.107. The molecule has 132 valence electrons. The van der Waals surface area contributed by atoms with Crippen molar-refractivity contribution in [2.45, 2.75) is 70.8 Å². The lowest BCUT2D eigenvalue weighted by atomic mass is 9.68. The third-order valence-corrected chi connectivity index (χ3v) is 5.68. The highest BCUT2D eigenvalue weighted by Gasteiger charge is 2.45. The number of phenols is 1. The molecule has 0 amide bonds. The molecule has 3 rings (SSSR count). The van der Waals surface area contributed by atoms with E-state index in [4.69, 9.17) is 4.74 Å². The number of aromatic hydroxyl groups is 1. The van der Waals surface area contributed by atoms with Crippen molar-refractivity contribution < 1.29 is 14.9 Å². The summed E-state index contributed by atoms with van der Waals surface area (Å²) in [5.41, 5.74) is 2.87. The maximum absolute atomic E-state index is 10.7. The van der Waals surface area contributed by atoms with E-state index in [0.29, 0.717) is 11.7 Å². The van der Waals surface area contributed by atoms with E-state index < -0.39 is 0 Å². The summed E-state index contributed by atoms with van der Waals surface area (Å²) in [6.45, 7) is 6.60. The van der Waals surface area contributed by atoms with Crippen LogP contribution in [0.15, 0.2) is 23.8 Å². The molecule has 0 aromatic heterocycles. The number of aliphatic hydroxyl groups excluding tert-OH is 1. The van der Waals surface area contributed by atoms with Gasteiger partial charge < -0.3 is 14.9 Å². The van der Waals surface area contributed by atoms with E-state index in [1.165, 1.54) is 12.8 Å². The van der Waals surface area contributed by atoms with Crippen molar-refractivity contribution in [3.8, 4) is 11.5 Å². The fourth-order valence-corrected chi connectivity index (χ4v) is 4.34. The molecule has 24 heavy (non-hydrogen) atoms.